The van der Waals surface area contributed by atoms with E-state index in [1.54, 1.807) is 6.07 Å². The van der Waals surface area contributed by atoms with Crippen LogP contribution in [0.5, 0.6) is 0 Å². The zero-order chi connectivity index (χ0) is 18.8. The lowest BCUT2D eigenvalue weighted by Crippen LogP contribution is -2.10. The summed E-state index contributed by atoms with van der Waals surface area (Å²) in [4.78, 5) is 18.9. The molecule has 1 aromatic heterocycles. The monoisotopic (exact) mass is 378 g/mol. The van der Waals surface area contributed by atoms with Crippen LogP contribution in [0.2, 0.25) is 5.02 Å². The van der Waals surface area contributed by atoms with E-state index >= 15 is 0 Å². The summed E-state index contributed by atoms with van der Waals surface area (Å²) in [6.45, 7) is 1.72. The van der Waals surface area contributed by atoms with Gasteiger partial charge in [-0.05, 0) is 31.0 Å². The number of anilines is 2. The molecule has 0 saturated carbocycles. The Morgan fingerprint density at radius 3 is 2.65 bits per heavy atom. The Kier molecular flexibility index (Phi) is 8.04. The van der Waals surface area contributed by atoms with E-state index in [9.17, 15) is 10.1 Å². The fourth-order valence-corrected chi connectivity index (χ4v) is 2.57. The number of halogens is 1. The maximum absolute atomic E-state index is 11.2. The second-order valence-electron chi connectivity index (χ2n) is 5.76. The summed E-state index contributed by atoms with van der Waals surface area (Å²) in [5.41, 5.74) is 6.21. The number of nitrogens with two attached hydrogens (primary N) is 1. The molecule has 0 aliphatic rings. The van der Waals surface area contributed by atoms with Gasteiger partial charge in [-0.1, -0.05) is 42.6 Å². The minimum atomic E-state index is -0.491. The van der Waals surface area contributed by atoms with Crippen molar-refractivity contribution in [2.24, 2.45) is 5.73 Å². The summed E-state index contributed by atoms with van der Waals surface area (Å²) < 4.78 is 0. The highest BCUT2D eigenvalue weighted by Crippen LogP contribution is 2.23. The predicted molar refractivity (Wildman–Crippen MR) is 103 cm³/mol. The summed E-state index contributed by atoms with van der Waals surface area (Å²) in [7, 11) is 0. The van der Waals surface area contributed by atoms with E-state index in [0.29, 0.717) is 30.6 Å². The van der Waals surface area contributed by atoms with Crippen molar-refractivity contribution in [2.45, 2.75) is 32.2 Å². The molecule has 0 fully saturated rings. The summed E-state index contributed by atoms with van der Waals surface area (Å²) in [6, 6.07) is 7.43. The zero-order valence-corrected chi connectivity index (χ0v) is 15.2. The number of rotatable bonds is 11. The average Bonchev–Trinajstić information content (AvgIpc) is 2.64. The van der Waals surface area contributed by atoms with E-state index in [1.165, 1.54) is 6.20 Å². The van der Waals surface area contributed by atoms with Gasteiger partial charge in [-0.3, -0.25) is 10.1 Å². The molecule has 4 N–H and O–H groups in total. The Morgan fingerprint density at radius 2 is 1.92 bits per heavy atom. The first-order valence-corrected chi connectivity index (χ1v) is 8.92. The Labute approximate surface area is 157 Å². The summed E-state index contributed by atoms with van der Waals surface area (Å²) in [6.07, 6.45) is 5.15. The van der Waals surface area contributed by atoms with Gasteiger partial charge in [0.2, 0.25) is 11.8 Å². The van der Waals surface area contributed by atoms with Gasteiger partial charge in [-0.25, -0.2) is 4.98 Å². The molecule has 0 aliphatic heterocycles. The largest absolute Gasteiger partial charge is 0.364 e. The summed E-state index contributed by atoms with van der Waals surface area (Å²) >= 11 is 6.12. The molecule has 1 heterocycles. The van der Waals surface area contributed by atoms with Gasteiger partial charge < -0.3 is 16.4 Å². The molecule has 140 valence electrons. The number of benzene rings is 1. The quantitative estimate of drug-likeness (QED) is 0.310. The molecule has 0 amide bonds. The molecule has 2 rings (SSSR count). The van der Waals surface area contributed by atoms with E-state index in [2.05, 4.69) is 20.6 Å². The van der Waals surface area contributed by atoms with Gasteiger partial charge in [0.05, 0.1) is 4.92 Å². The van der Waals surface area contributed by atoms with Gasteiger partial charge in [0.1, 0.15) is 6.20 Å². The number of aromatic nitrogens is 2. The molecule has 0 radical (unpaired) electrons. The van der Waals surface area contributed by atoms with Crippen LogP contribution in [0.1, 0.15) is 31.2 Å². The van der Waals surface area contributed by atoms with Crippen LogP contribution in [-0.2, 0) is 6.54 Å². The zero-order valence-electron chi connectivity index (χ0n) is 14.4. The molecular weight excluding hydrogens is 356 g/mol. The Balaban J connectivity index is 1.98. The van der Waals surface area contributed by atoms with Crippen molar-refractivity contribution in [1.82, 2.24) is 9.97 Å². The smallest absolute Gasteiger partial charge is 0.329 e. The van der Waals surface area contributed by atoms with Crippen molar-refractivity contribution in [3.05, 3.63) is 51.2 Å². The molecule has 0 saturated heterocycles. The van der Waals surface area contributed by atoms with Crippen LogP contribution in [0.4, 0.5) is 17.5 Å². The Bertz CT molecular complexity index is 728. The van der Waals surface area contributed by atoms with E-state index in [0.717, 1.165) is 31.2 Å². The maximum Gasteiger partial charge on any atom is 0.329 e. The van der Waals surface area contributed by atoms with Crippen LogP contribution in [-0.4, -0.2) is 28.0 Å². The number of nitrogens with one attached hydrogen (secondary N) is 2. The standard InChI is InChI=1S/C17H23ClN6O2/c18-14-8-4-3-7-13(14)11-21-17-22-12-15(24(25)26)16(23-17)20-10-6-2-1-5-9-19/h3-4,7-8,12H,1-2,5-6,9-11,19H2,(H2,20,21,22,23). The molecule has 0 atom stereocenters. The van der Waals surface area contributed by atoms with E-state index in [-0.39, 0.29) is 11.5 Å². The van der Waals surface area contributed by atoms with Gasteiger partial charge in [0.15, 0.2) is 0 Å². The van der Waals surface area contributed by atoms with Gasteiger partial charge >= 0.3 is 5.69 Å². The summed E-state index contributed by atoms with van der Waals surface area (Å²) in [5.74, 6) is 0.520. The topological polar surface area (TPSA) is 119 Å². The first-order chi connectivity index (χ1) is 12.6. The molecule has 26 heavy (non-hydrogen) atoms. The maximum atomic E-state index is 11.2. The lowest BCUT2D eigenvalue weighted by Gasteiger charge is -2.10. The van der Waals surface area contributed by atoms with Crippen LogP contribution >= 0.6 is 11.6 Å². The van der Waals surface area contributed by atoms with E-state index < -0.39 is 4.92 Å². The molecular formula is C17H23ClN6O2. The molecule has 0 bridgehead atoms. The molecule has 9 heteroatoms. The van der Waals surface area contributed by atoms with Crippen LogP contribution in [0.3, 0.4) is 0 Å². The predicted octanol–water partition coefficient (Wildman–Crippen LogP) is 3.58. The van der Waals surface area contributed by atoms with Crippen LogP contribution < -0.4 is 16.4 Å². The minimum absolute atomic E-state index is 0.143. The van der Waals surface area contributed by atoms with Gasteiger partial charge in [-0.2, -0.15) is 4.98 Å². The van der Waals surface area contributed by atoms with E-state index in [1.807, 2.05) is 18.2 Å². The number of hydrogen-bond donors (Lipinski definition) is 3. The third-order valence-electron chi connectivity index (χ3n) is 3.78. The van der Waals surface area contributed by atoms with Crippen molar-refractivity contribution in [3.8, 4) is 0 Å². The third kappa shape index (κ3) is 6.12. The SMILES string of the molecule is NCCCCCCNc1nc(NCc2ccccc2Cl)ncc1[N+](=O)[O-]. The third-order valence-corrected chi connectivity index (χ3v) is 4.15. The van der Waals surface area contributed by atoms with Gasteiger partial charge in [0, 0.05) is 18.1 Å². The summed E-state index contributed by atoms with van der Waals surface area (Å²) in [5, 5.41) is 17.9. The second kappa shape index (κ2) is 10.5. The highest BCUT2D eigenvalue weighted by molar-refractivity contribution is 6.31. The van der Waals surface area contributed by atoms with Crippen molar-refractivity contribution in [2.75, 3.05) is 23.7 Å². The molecule has 2 aromatic rings. The first kappa shape index (κ1) is 19.9. The fraction of sp³-hybridized carbons (Fsp3) is 0.412. The Hall–Kier alpha value is -2.45. The van der Waals surface area contributed by atoms with Crippen molar-refractivity contribution in [3.63, 3.8) is 0 Å². The van der Waals surface area contributed by atoms with Crippen molar-refractivity contribution >= 4 is 29.1 Å². The molecule has 1 aromatic carbocycles. The molecule has 8 nitrogen and oxygen atoms in total. The van der Waals surface area contributed by atoms with Crippen molar-refractivity contribution < 1.29 is 4.92 Å². The van der Waals surface area contributed by atoms with Crippen LogP contribution in [0, 0.1) is 10.1 Å². The average molecular weight is 379 g/mol. The fourth-order valence-electron chi connectivity index (χ4n) is 2.37. The number of nitrogens with zero attached hydrogens (tertiary/aromatic N) is 3. The normalized spacial score (nSPS) is 10.5. The molecule has 0 spiro atoms. The Morgan fingerprint density at radius 1 is 1.15 bits per heavy atom. The second-order valence-corrected chi connectivity index (χ2v) is 6.17. The van der Waals surface area contributed by atoms with Crippen LogP contribution in [0.25, 0.3) is 0 Å². The lowest BCUT2D eigenvalue weighted by molar-refractivity contribution is -0.384. The number of nitro groups is 1. The minimum Gasteiger partial charge on any atom is -0.364 e. The van der Waals surface area contributed by atoms with Crippen LogP contribution in [0.15, 0.2) is 30.5 Å². The van der Waals surface area contributed by atoms with Gasteiger partial charge in [0.25, 0.3) is 0 Å². The highest BCUT2D eigenvalue weighted by atomic mass is 35.5. The molecule has 0 unspecified atom stereocenters. The number of hydrogen-bond acceptors (Lipinski definition) is 7. The van der Waals surface area contributed by atoms with E-state index in [4.69, 9.17) is 17.3 Å². The van der Waals surface area contributed by atoms with Gasteiger partial charge in [-0.15, -0.1) is 0 Å². The van der Waals surface area contributed by atoms with Crippen molar-refractivity contribution in [1.29, 1.82) is 0 Å². The highest BCUT2D eigenvalue weighted by Gasteiger charge is 2.17. The first-order valence-electron chi connectivity index (χ1n) is 8.54. The number of unbranched alkanes of at least 4 members (excludes halogenated alkanes) is 3. The lowest BCUT2D eigenvalue weighted by atomic mass is 10.2. The molecule has 0 aliphatic carbocycles.